The van der Waals surface area contributed by atoms with Gasteiger partial charge in [-0.25, -0.2) is 4.98 Å². The monoisotopic (exact) mass is 264 g/mol. The lowest BCUT2D eigenvalue weighted by molar-refractivity contribution is 0.281. The zero-order valence-electron chi connectivity index (χ0n) is 10.3. The first-order valence-electron chi connectivity index (χ1n) is 5.70. The predicted octanol–water partition coefficient (Wildman–Crippen LogP) is 2.23. The molecular formula is C13H16N2O2S. The Morgan fingerprint density at radius 2 is 2.22 bits per heavy atom. The van der Waals surface area contributed by atoms with Crippen LogP contribution in [0.1, 0.15) is 11.3 Å². The minimum absolute atomic E-state index is 0.450. The van der Waals surface area contributed by atoms with Crippen molar-refractivity contribution < 1.29 is 9.47 Å². The SMILES string of the molecule is COc1ccc(CCN)cc1OCc1cscn1. The summed E-state index contributed by atoms with van der Waals surface area (Å²) >= 11 is 1.56. The number of nitrogens with zero attached hydrogens (tertiary/aromatic N) is 1. The van der Waals surface area contributed by atoms with Crippen LogP contribution in [0.3, 0.4) is 0 Å². The number of nitrogens with two attached hydrogens (primary N) is 1. The van der Waals surface area contributed by atoms with Gasteiger partial charge in [0.1, 0.15) is 6.61 Å². The average Bonchev–Trinajstić information content (AvgIpc) is 2.90. The van der Waals surface area contributed by atoms with Crippen molar-refractivity contribution in [1.29, 1.82) is 0 Å². The molecule has 5 heteroatoms. The molecule has 0 saturated heterocycles. The van der Waals surface area contributed by atoms with Gasteiger partial charge >= 0.3 is 0 Å². The van der Waals surface area contributed by atoms with Crippen LogP contribution in [0.15, 0.2) is 29.1 Å². The van der Waals surface area contributed by atoms with E-state index in [1.165, 1.54) is 0 Å². The molecule has 96 valence electrons. The highest BCUT2D eigenvalue weighted by molar-refractivity contribution is 7.07. The molecule has 2 N–H and O–H groups in total. The van der Waals surface area contributed by atoms with Crippen molar-refractivity contribution in [3.63, 3.8) is 0 Å². The second-order valence-electron chi connectivity index (χ2n) is 3.79. The molecule has 0 spiro atoms. The first-order valence-corrected chi connectivity index (χ1v) is 6.64. The van der Waals surface area contributed by atoms with E-state index < -0.39 is 0 Å². The van der Waals surface area contributed by atoms with Crippen molar-refractivity contribution in [2.24, 2.45) is 5.73 Å². The van der Waals surface area contributed by atoms with Crippen LogP contribution >= 0.6 is 11.3 Å². The normalized spacial score (nSPS) is 10.3. The number of hydrogen-bond acceptors (Lipinski definition) is 5. The number of rotatable bonds is 6. The molecule has 18 heavy (non-hydrogen) atoms. The van der Waals surface area contributed by atoms with Crippen molar-refractivity contribution in [3.8, 4) is 11.5 Å². The Kier molecular flexibility index (Phi) is 4.55. The third-order valence-corrected chi connectivity index (χ3v) is 3.16. The number of methoxy groups -OCH3 is 1. The molecule has 1 aromatic heterocycles. The molecular weight excluding hydrogens is 248 g/mol. The molecule has 0 bridgehead atoms. The minimum atomic E-state index is 0.450. The van der Waals surface area contributed by atoms with Crippen LogP contribution < -0.4 is 15.2 Å². The van der Waals surface area contributed by atoms with Crippen molar-refractivity contribution in [2.75, 3.05) is 13.7 Å². The maximum absolute atomic E-state index is 5.74. The summed E-state index contributed by atoms with van der Waals surface area (Å²) in [5, 5.41) is 1.97. The Morgan fingerprint density at radius 3 is 2.89 bits per heavy atom. The van der Waals surface area contributed by atoms with Crippen LogP contribution in [0.5, 0.6) is 11.5 Å². The van der Waals surface area contributed by atoms with E-state index in [4.69, 9.17) is 15.2 Å². The number of ether oxygens (including phenoxy) is 2. The zero-order valence-corrected chi connectivity index (χ0v) is 11.1. The molecule has 0 saturated carbocycles. The Labute approximate surface area is 110 Å². The molecule has 0 radical (unpaired) electrons. The number of aromatic nitrogens is 1. The summed E-state index contributed by atoms with van der Waals surface area (Å²) in [5.41, 5.74) is 9.41. The minimum Gasteiger partial charge on any atom is -0.493 e. The van der Waals surface area contributed by atoms with Crippen molar-refractivity contribution in [2.45, 2.75) is 13.0 Å². The molecule has 1 heterocycles. The van der Waals surface area contributed by atoms with Crippen molar-refractivity contribution >= 4 is 11.3 Å². The van der Waals surface area contributed by atoms with Gasteiger partial charge in [0.15, 0.2) is 11.5 Å². The van der Waals surface area contributed by atoms with Crippen molar-refractivity contribution in [1.82, 2.24) is 4.98 Å². The van der Waals surface area contributed by atoms with Crippen LogP contribution in [0.4, 0.5) is 0 Å². The lowest BCUT2D eigenvalue weighted by atomic mass is 10.1. The molecule has 1 aromatic carbocycles. The van der Waals surface area contributed by atoms with Crippen molar-refractivity contribution in [3.05, 3.63) is 40.3 Å². The van der Waals surface area contributed by atoms with Gasteiger partial charge in [0.25, 0.3) is 0 Å². The van der Waals surface area contributed by atoms with E-state index in [2.05, 4.69) is 4.98 Å². The molecule has 0 aliphatic carbocycles. The standard InChI is InChI=1S/C13H16N2O2S/c1-16-12-3-2-10(4-5-14)6-13(12)17-7-11-8-18-9-15-11/h2-3,6,8-9H,4-5,7,14H2,1H3. The lowest BCUT2D eigenvalue weighted by Gasteiger charge is -2.11. The summed E-state index contributed by atoms with van der Waals surface area (Å²) in [7, 11) is 1.63. The van der Waals surface area contributed by atoms with E-state index in [1.807, 2.05) is 23.6 Å². The van der Waals surface area contributed by atoms with E-state index >= 15 is 0 Å². The van der Waals surface area contributed by atoms with Crippen LogP contribution in [0.25, 0.3) is 0 Å². The van der Waals surface area contributed by atoms with Gasteiger partial charge < -0.3 is 15.2 Å². The zero-order chi connectivity index (χ0) is 12.8. The maximum atomic E-state index is 5.74. The lowest BCUT2D eigenvalue weighted by Crippen LogP contribution is -2.04. The Morgan fingerprint density at radius 1 is 1.33 bits per heavy atom. The summed E-state index contributed by atoms with van der Waals surface area (Å²) in [5.74, 6) is 1.46. The van der Waals surface area contributed by atoms with Crippen LogP contribution in [-0.2, 0) is 13.0 Å². The molecule has 0 fully saturated rings. The Hall–Kier alpha value is -1.59. The number of thiazole rings is 1. The maximum Gasteiger partial charge on any atom is 0.162 e. The molecule has 2 rings (SSSR count). The highest BCUT2D eigenvalue weighted by atomic mass is 32.1. The van der Waals surface area contributed by atoms with E-state index in [0.717, 1.165) is 29.2 Å². The Bertz CT molecular complexity index is 486. The fourth-order valence-corrected chi connectivity index (χ4v) is 2.16. The third-order valence-electron chi connectivity index (χ3n) is 2.52. The van der Waals surface area contributed by atoms with Gasteiger partial charge in [0.05, 0.1) is 18.3 Å². The van der Waals surface area contributed by atoms with E-state index in [-0.39, 0.29) is 0 Å². The van der Waals surface area contributed by atoms with Crippen LogP contribution in [0, 0.1) is 0 Å². The van der Waals surface area contributed by atoms with E-state index in [9.17, 15) is 0 Å². The molecule has 2 aromatic rings. The third kappa shape index (κ3) is 3.21. The number of hydrogen-bond donors (Lipinski definition) is 1. The second-order valence-corrected chi connectivity index (χ2v) is 4.51. The first kappa shape index (κ1) is 12.9. The molecule has 0 amide bonds. The van der Waals surface area contributed by atoms with Gasteiger partial charge in [-0.15, -0.1) is 11.3 Å². The molecule has 4 nitrogen and oxygen atoms in total. The smallest absolute Gasteiger partial charge is 0.162 e. The fraction of sp³-hybridized carbons (Fsp3) is 0.308. The van der Waals surface area contributed by atoms with Gasteiger partial charge in [-0.3, -0.25) is 0 Å². The predicted molar refractivity (Wildman–Crippen MR) is 72.2 cm³/mol. The van der Waals surface area contributed by atoms with Crippen LogP contribution in [0.2, 0.25) is 0 Å². The highest BCUT2D eigenvalue weighted by Crippen LogP contribution is 2.28. The van der Waals surface area contributed by atoms with Gasteiger partial charge in [-0.1, -0.05) is 6.07 Å². The van der Waals surface area contributed by atoms with Crippen LogP contribution in [-0.4, -0.2) is 18.6 Å². The average molecular weight is 264 g/mol. The topological polar surface area (TPSA) is 57.4 Å². The molecule has 0 atom stereocenters. The van der Waals surface area contributed by atoms with Gasteiger partial charge in [0.2, 0.25) is 0 Å². The summed E-state index contributed by atoms with van der Waals surface area (Å²) in [4.78, 5) is 4.18. The quantitative estimate of drug-likeness (QED) is 0.869. The van der Waals surface area contributed by atoms with Gasteiger partial charge in [0, 0.05) is 5.38 Å². The largest absolute Gasteiger partial charge is 0.493 e. The molecule has 0 aliphatic heterocycles. The summed E-state index contributed by atoms with van der Waals surface area (Å²) in [6.45, 7) is 1.07. The highest BCUT2D eigenvalue weighted by Gasteiger charge is 2.06. The number of benzene rings is 1. The van der Waals surface area contributed by atoms with E-state index in [0.29, 0.717) is 13.2 Å². The fourth-order valence-electron chi connectivity index (χ4n) is 1.62. The second kappa shape index (κ2) is 6.37. The summed E-state index contributed by atoms with van der Waals surface area (Å²) in [6.07, 6.45) is 0.830. The van der Waals surface area contributed by atoms with Gasteiger partial charge in [-0.2, -0.15) is 0 Å². The molecule has 0 aliphatic rings. The summed E-state index contributed by atoms with van der Waals surface area (Å²) < 4.78 is 11.0. The first-order chi connectivity index (χ1) is 8.83. The summed E-state index contributed by atoms with van der Waals surface area (Å²) in [6, 6.07) is 5.88. The Balaban J connectivity index is 2.10. The van der Waals surface area contributed by atoms with E-state index in [1.54, 1.807) is 24.0 Å². The van der Waals surface area contributed by atoms with Gasteiger partial charge in [-0.05, 0) is 30.7 Å². The molecule has 0 unspecified atom stereocenters.